The van der Waals surface area contributed by atoms with E-state index in [9.17, 15) is 0 Å². The lowest BCUT2D eigenvalue weighted by molar-refractivity contribution is 0.0741. The average Bonchev–Trinajstić information content (AvgIpc) is 2.26. The first-order valence-electron chi connectivity index (χ1n) is 7.18. The molecule has 0 spiro atoms. The van der Waals surface area contributed by atoms with Crippen molar-refractivity contribution >= 4 is 0 Å². The number of nitrogens with zero attached hydrogens (tertiary/aromatic N) is 1. The number of hydrogen-bond acceptors (Lipinski definition) is 2. The lowest BCUT2D eigenvalue weighted by Gasteiger charge is -2.42. The highest BCUT2D eigenvalue weighted by molar-refractivity contribution is 4.83. The maximum absolute atomic E-state index is 5.97. The minimum atomic E-state index is 0.493. The number of rotatable bonds is 2. The molecule has 1 aliphatic carbocycles. The Morgan fingerprint density at radius 2 is 1.50 bits per heavy atom. The van der Waals surface area contributed by atoms with Gasteiger partial charge in [-0.1, -0.05) is 6.42 Å². The summed E-state index contributed by atoms with van der Waals surface area (Å²) in [7, 11) is 0. The fourth-order valence-electron chi connectivity index (χ4n) is 3.50. The Hall–Kier alpha value is -0.0800. The van der Waals surface area contributed by atoms with Crippen LogP contribution in [0.2, 0.25) is 0 Å². The van der Waals surface area contributed by atoms with E-state index >= 15 is 0 Å². The van der Waals surface area contributed by atoms with Crippen LogP contribution in [0.4, 0.5) is 0 Å². The molecular weight excluding hydrogens is 196 g/mol. The normalized spacial score (nSPS) is 42.2. The summed E-state index contributed by atoms with van der Waals surface area (Å²) in [6, 6.07) is 2.10. The molecular formula is C14H28N2. The Morgan fingerprint density at radius 3 is 2.06 bits per heavy atom. The quantitative estimate of drug-likeness (QED) is 0.781. The Bertz CT molecular complexity index is 199. The topological polar surface area (TPSA) is 29.3 Å². The SMILES string of the molecule is CC1CCCC(C)N1CC1CCC(N)CC1. The van der Waals surface area contributed by atoms with E-state index in [1.807, 2.05) is 0 Å². The van der Waals surface area contributed by atoms with Crippen molar-refractivity contribution < 1.29 is 0 Å². The van der Waals surface area contributed by atoms with E-state index in [-0.39, 0.29) is 0 Å². The molecule has 2 nitrogen and oxygen atoms in total. The molecule has 0 aromatic carbocycles. The minimum Gasteiger partial charge on any atom is -0.328 e. The van der Waals surface area contributed by atoms with Crippen molar-refractivity contribution in [3.63, 3.8) is 0 Å². The largest absolute Gasteiger partial charge is 0.328 e. The van der Waals surface area contributed by atoms with Gasteiger partial charge >= 0.3 is 0 Å². The van der Waals surface area contributed by atoms with E-state index in [2.05, 4.69) is 18.7 Å². The summed E-state index contributed by atoms with van der Waals surface area (Å²) < 4.78 is 0. The van der Waals surface area contributed by atoms with Crippen molar-refractivity contribution in [2.45, 2.75) is 76.9 Å². The van der Waals surface area contributed by atoms with Crippen LogP contribution in [0, 0.1) is 5.92 Å². The fraction of sp³-hybridized carbons (Fsp3) is 1.00. The van der Waals surface area contributed by atoms with Crippen molar-refractivity contribution in [2.24, 2.45) is 11.7 Å². The smallest absolute Gasteiger partial charge is 0.00698 e. The molecule has 2 fully saturated rings. The van der Waals surface area contributed by atoms with Gasteiger partial charge in [-0.2, -0.15) is 0 Å². The van der Waals surface area contributed by atoms with E-state index in [1.54, 1.807) is 0 Å². The predicted molar refractivity (Wildman–Crippen MR) is 69.4 cm³/mol. The second kappa shape index (κ2) is 5.50. The van der Waals surface area contributed by atoms with Crippen molar-refractivity contribution in [1.82, 2.24) is 4.90 Å². The Balaban J connectivity index is 1.83. The zero-order chi connectivity index (χ0) is 11.5. The van der Waals surface area contributed by atoms with Crippen LogP contribution in [-0.4, -0.2) is 29.6 Å². The lowest BCUT2D eigenvalue weighted by atomic mass is 9.85. The summed E-state index contributed by atoms with van der Waals surface area (Å²) in [5.41, 5.74) is 5.97. The van der Waals surface area contributed by atoms with E-state index in [4.69, 9.17) is 5.73 Å². The first kappa shape index (κ1) is 12.4. The molecule has 1 heterocycles. The van der Waals surface area contributed by atoms with Crippen LogP contribution < -0.4 is 5.73 Å². The highest BCUT2D eigenvalue weighted by Gasteiger charge is 2.28. The second-order valence-corrected chi connectivity index (χ2v) is 6.11. The van der Waals surface area contributed by atoms with Crippen molar-refractivity contribution in [2.75, 3.05) is 6.54 Å². The third-order valence-electron chi connectivity index (χ3n) is 4.74. The van der Waals surface area contributed by atoms with Crippen LogP contribution in [0.1, 0.15) is 58.8 Å². The number of nitrogens with two attached hydrogens (primary N) is 1. The molecule has 1 saturated heterocycles. The molecule has 2 aliphatic rings. The van der Waals surface area contributed by atoms with Crippen LogP contribution >= 0.6 is 0 Å². The molecule has 0 bridgehead atoms. The zero-order valence-electron chi connectivity index (χ0n) is 11.0. The first-order valence-corrected chi connectivity index (χ1v) is 7.18. The average molecular weight is 224 g/mol. The van der Waals surface area contributed by atoms with Gasteiger partial charge in [-0.3, -0.25) is 4.90 Å². The van der Waals surface area contributed by atoms with Gasteiger partial charge in [-0.15, -0.1) is 0 Å². The summed E-state index contributed by atoms with van der Waals surface area (Å²) in [5, 5.41) is 0. The number of likely N-dealkylation sites (tertiary alicyclic amines) is 1. The Kier molecular flexibility index (Phi) is 4.26. The molecule has 0 radical (unpaired) electrons. The highest BCUT2D eigenvalue weighted by Crippen LogP contribution is 2.29. The first-order chi connectivity index (χ1) is 7.66. The van der Waals surface area contributed by atoms with E-state index < -0.39 is 0 Å². The molecule has 2 rings (SSSR count). The van der Waals surface area contributed by atoms with Crippen molar-refractivity contribution in [1.29, 1.82) is 0 Å². The molecule has 16 heavy (non-hydrogen) atoms. The monoisotopic (exact) mass is 224 g/mol. The molecule has 1 aliphatic heterocycles. The fourth-order valence-corrected chi connectivity index (χ4v) is 3.50. The molecule has 0 aromatic heterocycles. The molecule has 2 N–H and O–H groups in total. The van der Waals surface area contributed by atoms with Gasteiger partial charge < -0.3 is 5.73 Å². The number of hydrogen-bond donors (Lipinski definition) is 1. The van der Waals surface area contributed by atoms with Crippen LogP contribution in [-0.2, 0) is 0 Å². The molecule has 2 unspecified atom stereocenters. The summed E-state index contributed by atoms with van der Waals surface area (Å²) in [5.74, 6) is 0.919. The maximum Gasteiger partial charge on any atom is 0.00698 e. The summed E-state index contributed by atoms with van der Waals surface area (Å²) >= 11 is 0. The van der Waals surface area contributed by atoms with E-state index in [0.717, 1.165) is 18.0 Å². The molecule has 94 valence electrons. The Labute approximate surface area is 101 Å². The molecule has 2 atom stereocenters. The van der Waals surface area contributed by atoms with Gasteiger partial charge in [0.25, 0.3) is 0 Å². The maximum atomic E-state index is 5.97. The Morgan fingerprint density at radius 1 is 0.938 bits per heavy atom. The summed E-state index contributed by atoms with van der Waals surface area (Å²) in [4.78, 5) is 2.75. The van der Waals surface area contributed by atoms with E-state index in [1.165, 1.54) is 51.5 Å². The van der Waals surface area contributed by atoms with Gasteiger partial charge in [-0.05, 0) is 58.3 Å². The van der Waals surface area contributed by atoms with Crippen molar-refractivity contribution in [3.8, 4) is 0 Å². The zero-order valence-corrected chi connectivity index (χ0v) is 11.0. The third kappa shape index (κ3) is 2.98. The van der Waals surface area contributed by atoms with Crippen LogP contribution in [0.25, 0.3) is 0 Å². The summed E-state index contributed by atoms with van der Waals surface area (Å²) in [6.07, 6.45) is 9.44. The second-order valence-electron chi connectivity index (χ2n) is 6.11. The van der Waals surface area contributed by atoms with Crippen LogP contribution in [0.3, 0.4) is 0 Å². The standard InChI is InChI=1S/C14H28N2/c1-11-4-3-5-12(2)16(11)10-13-6-8-14(15)9-7-13/h11-14H,3-10,15H2,1-2H3. The highest BCUT2D eigenvalue weighted by atomic mass is 15.2. The lowest BCUT2D eigenvalue weighted by Crippen LogP contribution is -2.46. The van der Waals surface area contributed by atoms with Gasteiger partial charge in [0, 0.05) is 24.7 Å². The molecule has 0 aromatic rings. The van der Waals surface area contributed by atoms with Gasteiger partial charge in [0.15, 0.2) is 0 Å². The van der Waals surface area contributed by atoms with Gasteiger partial charge in [0.05, 0.1) is 0 Å². The van der Waals surface area contributed by atoms with Gasteiger partial charge in [0.2, 0.25) is 0 Å². The van der Waals surface area contributed by atoms with E-state index in [0.29, 0.717) is 6.04 Å². The predicted octanol–water partition coefficient (Wildman–Crippen LogP) is 2.77. The van der Waals surface area contributed by atoms with Crippen molar-refractivity contribution in [3.05, 3.63) is 0 Å². The summed E-state index contributed by atoms with van der Waals surface area (Å²) in [6.45, 7) is 6.14. The molecule has 0 amide bonds. The van der Waals surface area contributed by atoms with Gasteiger partial charge in [0.1, 0.15) is 0 Å². The van der Waals surface area contributed by atoms with Crippen LogP contribution in [0.5, 0.6) is 0 Å². The molecule has 2 heteroatoms. The molecule has 1 saturated carbocycles. The van der Waals surface area contributed by atoms with Gasteiger partial charge in [-0.25, -0.2) is 0 Å². The third-order valence-corrected chi connectivity index (χ3v) is 4.74. The number of piperidine rings is 1. The van der Waals surface area contributed by atoms with Crippen LogP contribution in [0.15, 0.2) is 0 Å². The minimum absolute atomic E-state index is 0.493.